The van der Waals surface area contributed by atoms with E-state index >= 15 is 0 Å². The Morgan fingerprint density at radius 2 is 1.72 bits per heavy atom. The van der Waals surface area contributed by atoms with Crippen LogP contribution in [0.15, 0.2) is 0 Å². The monoisotopic (exact) mass is 253 g/mol. The van der Waals surface area contributed by atoms with Crippen molar-refractivity contribution in [3.8, 4) is 0 Å². The third kappa shape index (κ3) is 3.03. The molecule has 1 heterocycles. The molecule has 0 spiro atoms. The van der Waals surface area contributed by atoms with E-state index in [0.717, 1.165) is 44.6 Å². The van der Waals surface area contributed by atoms with E-state index in [2.05, 4.69) is 6.92 Å². The highest BCUT2D eigenvalue weighted by Gasteiger charge is 2.32. The Balaban J connectivity index is 1.90. The fraction of sp³-hybridized carbons (Fsp3) is 0.857. The van der Waals surface area contributed by atoms with Crippen LogP contribution in [0.5, 0.6) is 0 Å². The number of rotatable bonds is 2. The van der Waals surface area contributed by atoms with E-state index in [1.165, 1.54) is 0 Å². The Labute approximate surface area is 108 Å². The van der Waals surface area contributed by atoms with Gasteiger partial charge in [-0.2, -0.15) is 0 Å². The van der Waals surface area contributed by atoms with Gasteiger partial charge in [0.2, 0.25) is 5.91 Å². The van der Waals surface area contributed by atoms with Gasteiger partial charge in [0.1, 0.15) is 0 Å². The van der Waals surface area contributed by atoms with Gasteiger partial charge in [-0.1, -0.05) is 6.92 Å². The van der Waals surface area contributed by atoms with Crippen LogP contribution in [-0.4, -0.2) is 35.0 Å². The molecule has 1 saturated heterocycles. The number of aliphatic carboxylic acids is 1. The number of nitrogens with zero attached hydrogens (tertiary/aromatic N) is 1. The number of likely N-dealkylation sites (tertiary alicyclic amines) is 1. The van der Waals surface area contributed by atoms with Gasteiger partial charge in [-0.3, -0.25) is 9.59 Å². The lowest BCUT2D eigenvalue weighted by molar-refractivity contribution is -0.147. The van der Waals surface area contributed by atoms with Gasteiger partial charge in [-0.05, 0) is 44.4 Å². The summed E-state index contributed by atoms with van der Waals surface area (Å²) >= 11 is 0. The molecule has 0 radical (unpaired) electrons. The van der Waals surface area contributed by atoms with E-state index in [-0.39, 0.29) is 17.7 Å². The molecule has 102 valence electrons. The number of amides is 1. The van der Waals surface area contributed by atoms with Gasteiger partial charge < -0.3 is 10.0 Å². The molecule has 2 rings (SSSR count). The van der Waals surface area contributed by atoms with Gasteiger partial charge in [0, 0.05) is 19.0 Å². The summed E-state index contributed by atoms with van der Waals surface area (Å²) in [6.45, 7) is 3.40. The summed E-state index contributed by atoms with van der Waals surface area (Å²) in [6, 6.07) is 0. The molecule has 2 aliphatic rings. The summed E-state index contributed by atoms with van der Waals surface area (Å²) in [5, 5.41) is 9.04. The maximum Gasteiger partial charge on any atom is 0.308 e. The standard InChI is InChI=1S/C14H23NO3/c1-10-4-6-11(7-5-10)13(16)15-8-2-3-12(9-15)14(17)18/h10-12H,2-9H2,1H3,(H,17,18)/t10?,11?,12-/m1/s1. The Hall–Kier alpha value is -1.06. The first-order valence-corrected chi connectivity index (χ1v) is 7.09. The molecular formula is C14H23NO3. The minimum absolute atomic E-state index is 0.147. The topological polar surface area (TPSA) is 57.6 Å². The Morgan fingerprint density at radius 3 is 2.33 bits per heavy atom. The zero-order valence-electron chi connectivity index (χ0n) is 11.1. The summed E-state index contributed by atoms with van der Waals surface area (Å²) in [5.41, 5.74) is 0. The van der Waals surface area contributed by atoms with Crippen LogP contribution in [0.4, 0.5) is 0 Å². The average Bonchev–Trinajstić information content (AvgIpc) is 2.39. The van der Waals surface area contributed by atoms with Crippen molar-refractivity contribution in [2.75, 3.05) is 13.1 Å². The lowest BCUT2D eigenvalue weighted by atomic mass is 9.82. The quantitative estimate of drug-likeness (QED) is 0.820. The van der Waals surface area contributed by atoms with E-state index in [1.807, 2.05) is 0 Å². The first-order chi connectivity index (χ1) is 8.58. The van der Waals surface area contributed by atoms with Crippen LogP contribution in [0.2, 0.25) is 0 Å². The lowest BCUT2D eigenvalue weighted by Crippen LogP contribution is -2.45. The molecule has 1 saturated carbocycles. The van der Waals surface area contributed by atoms with Crippen LogP contribution < -0.4 is 0 Å². The van der Waals surface area contributed by atoms with Crippen LogP contribution in [0.25, 0.3) is 0 Å². The summed E-state index contributed by atoms with van der Waals surface area (Å²) in [5.74, 6) is -0.0289. The molecule has 4 heteroatoms. The second-order valence-electron chi connectivity index (χ2n) is 5.92. The smallest absolute Gasteiger partial charge is 0.308 e. The molecule has 0 unspecified atom stereocenters. The van der Waals surface area contributed by atoms with Crippen LogP contribution in [-0.2, 0) is 9.59 Å². The Kier molecular flexibility index (Phi) is 4.25. The minimum Gasteiger partial charge on any atom is -0.481 e. The summed E-state index contributed by atoms with van der Waals surface area (Å²) < 4.78 is 0. The molecule has 0 aromatic heterocycles. The van der Waals surface area contributed by atoms with E-state index in [4.69, 9.17) is 5.11 Å². The Morgan fingerprint density at radius 1 is 1.06 bits per heavy atom. The van der Waals surface area contributed by atoms with Crippen molar-refractivity contribution >= 4 is 11.9 Å². The van der Waals surface area contributed by atoms with Crippen LogP contribution in [0, 0.1) is 17.8 Å². The second-order valence-corrected chi connectivity index (χ2v) is 5.92. The number of carboxylic acids is 1. The van der Waals surface area contributed by atoms with Crippen LogP contribution >= 0.6 is 0 Å². The largest absolute Gasteiger partial charge is 0.481 e. The average molecular weight is 253 g/mol. The van der Waals surface area contributed by atoms with Crippen molar-refractivity contribution in [1.82, 2.24) is 4.90 Å². The highest BCUT2D eigenvalue weighted by atomic mass is 16.4. The van der Waals surface area contributed by atoms with Crippen molar-refractivity contribution in [3.05, 3.63) is 0 Å². The molecule has 1 aliphatic heterocycles. The molecule has 1 N–H and O–H groups in total. The lowest BCUT2D eigenvalue weighted by Gasteiger charge is -2.35. The van der Waals surface area contributed by atoms with E-state index in [0.29, 0.717) is 13.0 Å². The van der Waals surface area contributed by atoms with Crippen molar-refractivity contribution in [3.63, 3.8) is 0 Å². The van der Waals surface area contributed by atoms with Crippen molar-refractivity contribution in [2.45, 2.75) is 45.4 Å². The molecule has 0 bridgehead atoms. The molecule has 1 atom stereocenters. The molecule has 18 heavy (non-hydrogen) atoms. The van der Waals surface area contributed by atoms with E-state index in [9.17, 15) is 9.59 Å². The summed E-state index contributed by atoms with van der Waals surface area (Å²) in [4.78, 5) is 25.2. The Bertz CT molecular complexity index is 321. The number of hydrogen-bond acceptors (Lipinski definition) is 2. The molecule has 0 aromatic carbocycles. The van der Waals surface area contributed by atoms with Gasteiger partial charge in [0.25, 0.3) is 0 Å². The van der Waals surface area contributed by atoms with Crippen molar-refractivity contribution in [1.29, 1.82) is 0 Å². The van der Waals surface area contributed by atoms with Gasteiger partial charge in [-0.15, -0.1) is 0 Å². The van der Waals surface area contributed by atoms with E-state index in [1.54, 1.807) is 4.90 Å². The zero-order valence-corrected chi connectivity index (χ0v) is 11.1. The number of piperidine rings is 1. The first-order valence-electron chi connectivity index (χ1n) is 7.09. The molecule has 0 aromatic rings. The molecule has 4 nitrogen and oxygen atoms in total. The van der Waals surface area contributed by atoms with Crippen LogP contribution in [0.1, 0.15) is 45.4 Å². The first kappa shape index (κ1) is 13.4. The number of carbonyl (C=O) groups is 2. The second kappa shape index (κ2) is 5.72. The normalized spacial score (nSPS) is 33.2. The molecule has 1 aliphatic carbocycles. The predicted octanol–water partition coefficient (Wildman–Crippen LogP) is 2.14. The zero-order chi connectivity index (χ0) is 13.1. The SMILES string of the molecule is CC1CCC(C(=O)N2CCC[C@@H](C(=O)O)C2)CC1. The molecule has 1 amide bonds. The van der Waals surface area contributed by atoms with Crippen molar-refractivity contribution < 1.29 is 14.7 Å². The van der Waals surface area contributed by atoms with Gasteiger partial charge in [-0.25, -0.2) is 0 Å². The fourth-order valence-corrected chi connectivity index (χ4v) is 3.14. The van der Waals surface area contributed by atoms with Gasteiger partial charge >= 0.3 is 5.97 Å². The number of carbonyl (C=O) groups excluding carboxylic acids is 1. The highest BCUT2D eigenvalue weighted by Crippen LogP contribution is 2.30. The maximum absolute atomic E-state index is 12.4. The predicted molar refractivity (Wildman–Crippen MR) is 68.1 cm³/mol. The van der Waals surface area contributed by atoms with E-state index < -0.39 is 5.97 Å². The highest BCUT2D eigenvalue weighted by molar-refractivity contribution is 5.80. The van der Waals surface area contributed by atoms with Crippen LogP contribution in [0.3, 0.4) is 0 Å². The fourth-order valence-electron chi connectivity index (χ4n) is 3.14. The molecular weight excluding hydrogens is 230 g/mol. The van der Waals surface area contributed by atoms with Crippen molar-refractivity contribution in [2.24, 2.45) is 17.8 Å². The minimum atomic E-state index is -0.759. The summed E-state index contributed by atoms with van der Waals surface area (Å²) in [6.07, 6.45) is 5.76. The molecule has 2 fully saturated rings. The number of hydrogen-bond donors (Lipinski definition) is 1. The van der Waals surface area contributed by atoms with Gasteiger partial charge in [0.15, 0.2) is 0 Å². The third-order valence-electron chi connectivity index (χ3n) is 4.45. The number of carboxylic acid groups (broad SMARTS) is 1. The maximum atomic E-state index is 12.4. The van der Waals surface area contributed by atoms with Gasteiger partial charge in [0.05, 0.1) is 5.92 Å². The third-order valence-corrected chi connectivity index (χ3v) is 4.45. The summed E-state index contributed by atoms with van der Waals surface area (Å²) in [7, 11) is 0.